The fraction of sp³-hybridized carbons (Fsp3) is 0.0435. The molecule has 5 nitrogen and oxygen atoms in total. The van der Waals surface area contributed by atoms with E-state index in [-0.39, 0.29) is 11.6 Å². The summed E-state index contributed by atoms with van der Waals surface area (Å²) in [6.45, 7) is 0.332. The summed E-state index contributed by atoms with van der Waals surface area (Å²) in [7, 11) is 0. The highest BCUT2D eigenvalue weighted by Gasteiger charge is 2.12. The van der Waals surface area contributed by atoms with Gasteiger partial charge in [-0.05, 0) is 105 Å². The SMILES string of the molecule is O=C(N/N=C/c1cc(I)c(OCc2ccc(F)cc2)c(I)c1)c1cc2cc(Cl)ccc2o1. The molecule has 1 heterocycles. The summed E-state index contributed by atoms with van der Waals surface area (Å²) in [5.41, 5.74) is 4.71. The first-order valence-corrected chi connectivity index (χ1v) is 11.8. The molecule has 0 radical (unpaired) electrons. The van der Waals surface area contributed by atoms with Crippen molar-refractivity contribution in [2.75, 3.05) is 0 Å². The summed E-state index contributed by atoms with van der Waals surface area (Å²) in [5.74, 6) is 0.140. The first-order valence-electron chi connectivity index (χ1n) is 9.28. The maximum atomic E-state index is 13.0. The van der Waals surface area contributed by atoms with Crippen molar-refractivity contribution in [2.24, 2.45) is 5.10 Å². The van der Waals surface area contributed by atoms with Crippen LogP contribution in [0.5, 0.6) is 5.75 Å². The van der Waals surface area contributed by atoms with Gasteiger partial charge in [-0.1, -0.05) is 23.7 Å². The van der Waals surface area contributed by atoms with Crippen molar-refractivity contribution in [1.29, 1.82) is 0 Å². The maximum absolute atomic E-state index is 13.0. The molecule has 3 aromatic carbocycles. The average Bonchev–Trinajstić information content (AvgIpc) is 3.18. The largest absolute Gasteiger partial charge is 0.487 e. The Labute approximate surface area is 215 Å². The second-order valence-corrected chi connectivity index (χ2v) is 9.48. The Balaban J connectivity index is 1.41. The van der Waals surface area contributed by atoms with Crippen LogP contribution in [-0.2, 0) is 6.61 Å². The van der Waals surface area contributed by atoms with Crippen molar-refractivity contribution in [3.05, 3.63) is 95.5 Å². The molecule has 0 aliphatic carbocycles. The van der Waals surface area contributed by atoms with Gasteiger partial charge in [-0.15, -0.1) is 0 Å². The molecule has 1 N–H and O–H groups in total. The van der Waals surface area contributed by atoms with Gasteiger partial charge >= 0.3 is 5.91 Å². The van der Waals surface area contributed by atoms with Gasteiger partial charge in [0.1, 0.15) is 23.8 Å². The molecule has 0 unspecified atom stereocenters. The number of amides is 1. The van der Waals surface area contributed by atoms with Gasteiger partial charge < -0.3 is 9.15 Å². The van der Waals surface area contributed by atoms with Gasteiger partial charge in [0.15, 0.2) is 5.76 Å². The van der Waals surface area contributed by atoms with Crippen LogP contribution in [0.3, 0.4) is 0 Å². The number of hydrogen-bond donors (Lipinski definition) is 1. The minimum Gasteiger partial charge on any atom is -0.487 e. The van der Waals surface area contributed by atoms with E-state index in [1.165, 1.54) is 12.1 Å². The minimum atomic E-state index is -0.461. The summed E-state index contributed by atoms with van der Waals surface area (Å²) >= 11 is 10.3. The molecule has 1 amide bonds. The van der Waals surface area contributed by atoms with E-state index in [1.807, 2.05) is 12.1 Å². The molecule has 0 aliphatic rings. The van der Waals surface area contributed by atoms with Gasteiger partial charge in [-0.3, -0.25) is 4.79 Å². The van der Waals surface area contributed by atoms with E-state index in [1.54, 1.807) is 42.6 Å². The lowest BCUT2D eigenvalue weighted by molar-refractivity contribution is 0.0929. The first kappa shape index (κ1) is 23.0. The molecule has 0 saturated carbocycles. The van der Waals surface area contributed by atoms with E-state index in [0.717, 1.165) is 29.4 Å². The van der Waals surface area contributed by atoms with Gasteiger partial charge in [0.05, 0.1) is 13.4 Å². The summed E-state index contributed by atoms with van der Waals surface area (Å²) in [5, 5.41) is 5.34. The lowest BCUT2D eigenvalue weighted by Gasteiger charge is -2.11. The standard InChI is InChI=1S/C23H14ClFI2N2O3/c24-16-3-6-20-15(9-16)10-21(32-20)23(30)29-28-11-14-7-18(26)22(19(27)8-14)31-12-13-1-4-17(25)5-2-13/h1-11H,12H2,(H,29,30)/b28-11+. The fourth-order valence-electron chi connectivity index (χ4n) is 2.87. The molecule has 0 aliphatic heterocycles. The van der Waals surface area contributed by atoms with E-state index in [0.29, 0.717) is 17.2 Å². The zero-order chi connectivity index (χ0) is 22.7. The number of hydrazone groups is 1. The Morgan fingerprint density at radius 2 is 1.81 bits per heavy atom. The Kier molecular flexibility index (Phi) is 7.31. The summed E-state index contributed by atoms with van der Waals surface area (Å²) in [6.07, 6.45) is 1.55. The molecule has 0 bridgehead atoms. The predicted molar refractivity (Wildman–Crippen MR) is 139 cm³/mol. The normalized spacial score (nSPS) is 11.2. The van der Waals surface area contributed by atoms with Crippen LogP contribution in [0.4, 0.5) is 4.39 Å². The molecule has 9 heteroatoms. The van der Waals surface area contributed by atoms with Crippen LogP contribution in [-0.4, -0.2) is 12.1 Å². The molecular weight excluding hydrogens is 661 g/mol. The van der Waals surface area contributed by atoms with Crippen molar-refractivity contribution in [1.82, 2.24) is 5.43 Å². The van der Waals surface area contributed by atoms with E-state index < -0.39 is 5.91 Å². The van der Waals surface area contributed by atoms with Crippen LogP contribution in [0, 0.1) is 13.0 Å². The number of nitrogens with one attached hydrogen (secondary N) is 1. The molecule has 0 atom stereocenters. The number of fused-ring (bicyclic) bond motifs is 1. The van der Waals surface area contributed by atoms with Gasteiger partial charge in [0, 0.05) is 10.4 Å². The van der Waals surface area contributed by atoms with Crippen molar-refractivity contribution < 1.29 is 18.3 Å². The van der Waals surface area contributed by atoms with Crippen molar-refractivity contribution >= 4 is 79.9 Å². The first-order chi connectivity index (χ1) is 15.4. The number of rotatable bonds is 6. The van der Waals surface area contributed by atoms with Gasteiger partial charge in [0.2, 0.25) is 0 Å². The van der Waals surface area contributed by atoms with E-state index in [9.17, 15) is 9.18 Å². The molecule has 4 rings (SSSR count). The van der Waals surface area contributed by atoms with E-state index in [2.05, 4.69) is 55.7 Å². The molecule has 32 heavy (non-hydrogen) atoms. The zero-order valence-electron chi connectivity index (χ0n) is 16.2. The number of benzene rings is 3. The highest BCUT2D eigenvalue weighted by Crippen LogP contribution is 2.29. The van der Waals surface area contributed by atoms with E-state index in [4.69, 9.17) is 20.8 Å². The highest BCUT2D eigenvalue weighted by atomic mass is 127. The van der Waals surface area contributed by atoms with Crippen molar-refractivity contribution in [3.63, 3.8) is 0 Å². The molecule has 0 fully saturated rings. The number of ether oxygens (including phenoxy) is 1. The minimum absolute atomic E-state index is 0.146. The van der Waals surface area contributed by atoms with Gasteiger partial charge in [-0.25, -0.2) is 9.82 Å². The quantitative estimate of drug-likeness (QED) is 0.140. The number of furan rings is 1. The lowest BCUT2D eigenvalue weighted by Crippen LogP contribution is -2.16. The number of hydrogen-bond acceptors (Lipinski definition) is 4. The average molecular weight is 675 g/mol. The van der Waals surface area contributed by atoms with Crippen LogP contribution in [0.2, 0.25) is 5.02 Å². The van der Waals surface area contributed by atoms with Crippen LogP contribution >= 0.6 is 56.8 Å². The highest BCUT2D eigenvalue weighted by molar-refractivity contribution is 14.1. The Bertz CT molecular complexity index is 1300. The van der Waals surface area contributed by atoms with Gasteiger partial charge in [0.25, 0.3) is 0 Å². The molecule has 1 aromatic heterocycles. The second kappa shape index (κ2) is 10.2. The number of carbonyl (C=O) groups excluding carboxylic acids is 1. The fourth-order valence-corrected chi connectivity index (χ4v) is 5.18. The molecule has 0 saturated heterocycles. The Hall–Kier alpha value is -2.18. The molecular formula is C23H14ClFI2N2O3. The third kappa shape index (κ3) is 5.59. The number of halogens is 4. The summed E-state index contributed by atoms with van der Waals surface area (Å²) in [4.78, 5) is 12.3. The van der Waals surface area contributed by atoms with Crippen LogP contribution in [0.15, 0.2) is 70.2 Å². The van der Waals surface area contributed by atoms with E-state index >= 15 is 0 Å². The van der Waals surface area contributed by atoms with Crippen molar-refractivity contribution in [3.8, 4) is 5.75 Å². The van der Waals surface area contributed by atoms with Crippen molar-refractivity contribution in [2.45, 2.75) is 6.61 Å². The monoisotopic (exact) mass is 674 g/mol. The maximum Gasteiger partial charge on any atom is 0.307 e. The third-order valence-electron chi connectivity index (χ3n) is 4.40. The zero-order valence-corrected chi connectivity index (χ0v) is 21.3. The second-order valence-electron chi connectivity index (χ2n) is 6.72. The lowest BCUT2D eigenvalue weighted by atomic mass is 10.2. The number of carbonyl (C=O) groups is 1. The molecule has 0 spiro atoms. The third-order valence-corrected chi connectivity index (χ3v) is 6.24. The predicted octanol–water partition coefficient (Wildman–Crippen LogP) is 6.78. The molecule has 4 aromatic rings. The van der Waals surface area contributed by atoms with Crippen LogP contribution in [0.1, 0.15) is 21.7 Å². The number of nitrogens with zero attached hydrogens (tertiary/aromatic N) is 1. The summed E-state index contributed by atoms with van der Waals surface area (Å²) in [6, 6.07) is 16.7. The Morgan fingerprint density at radius 1 is 1.09 bits per heavy atom. The topological polar surface area (TPSA) is 63.8 Å². The van der Waals surface area contributed by atoms with Crippen LogP contribution < -0.4 is 10.2 Å². The molecule has 162 valence electrons. The van der Waals surface area contributed by atoms with Gasteiger partial charge in [-0.2, -0.15) is 5.10 Å². The smallest absolute Gasteiger partial charge is 0.307 e. The summed E-state index contributed by atoms with van der Waals surface area (Å²) < 4.78 is 26.3. The Morgan fingerprint density at radius 3 is 2.53 bits per heavy atom. The van der Waals surface area contributed by atoms with Crippen LogP contribution in [0.25, 0.3) is 11.0 Å².